The molecule has 0 unspecified atom stereocenters. The lowest BCUT2D eigenvalue weighted by Gasteiger charge is -2.13. The highest BCUT2D eigenvalue weighted by Crippen LogP contribution is 2.14. The molecule has 0 aromatic rings. The average molecular weight is 311 g/mol. The highest BCUT2D eigenvalue weighted by Gasteiger charge is 2.08. The third-order valence-electron chi connectivity index (χ3n) is 2.94. The van der Waals surface area contributed by atoms with Gasteiger partial charge in [-0.25, -0.2) is 0 Å². The molecule has 1 aliphatic carbocycles. The Balaban J connectivity index is 0.000000472. The first-order valence-corrected chi connectivity index (χ1v) is 7.48. The summed E-state index contributed by atoms with van der Waals surface area (Å²) in [6.07, 6.45) is 7.44. The predicted molar refractivity (Wildman–Crippen MR) is 81.9 cm³/mol. The van der Waals surface area contributed by atoms with Gasteiger partial charge < -0.3 is 14.8 Å². The number of carbonyl (C=O) groups is 4. The second-order valence-electron chi connectivity index (χ2n) is 5.14. The van der Waals surface area contributed by atoms with Gasteiger partial charge in [0.15, 0.2) is 0 Å². The minimum atomic E-state index is -0.0339. The fraction of sp³-hybridized carbons (Fsp3) is 0.625. The quantitative estimate of drug-likeness (QED) is 0.547. The Morgan fingerprint density at radius 1 is 1.14 bits per heavy atom. The highest BCUT2D eigenvalue weighted by molar-refractivity contribution is 5.84. The molecule has 1 aliphatic rings. The van der Waals surface area contributed by atoms with Crippen molar-refractivity contribution in [2.45, 2.75) is 58.8 Å². The monoisotopic (exact) mass is 311 g/mol. The van der Waals surface area contributed by atoms with E-state index in [0.717, 1.165) is 25.0 Å². The molecule has 1 N–H and O–H groups in total. The topological polar surface area (TPSA) is 89.5 Å². The molecule has 0 bridgehead atoms. The molecule has 0 radical (unpaired) electrons. The van der Waals surface area contributed by atoms with E-state index < -0.39 is 0 Å². The summed E-state index contributed by atoms with van der Waals surface area (Å²) in [6.45, 7) is 3.50. The van der Waals surface area contributed by atoms with Gasteiger partial charge >= 0.3 is 0 Å². The van der Waals surface area contributed by atoms with Gasteiger partial charge in [-0.1, -0.05) is 6.08 Å². The second kappa shape index (κ2) is 12.7. The number of carbonyl (C=O) groups excluding carboxylic acids is 4. The molecule has 0 heterocycles. The molecule has 0 fully saturated rings. The molecule has 0 atom stereocenters. The predicted octanol–water partition coefficient (Wildman–Crippen LogP) is 2.07. The van der Waals surface area contributed by atoms with E-state index >= 15 is 0 Å². The van der Waals surface area contributed by atoms with Crippen molar-refractivity contribution in [2.75, 3.05) is 6.61 Å². The number of ketones is 2. The zero-order valence-electron chi connectivity index (χ0n) is 13.4. The van der Waals surface area contributed by atoms with Crippen LogP contribution >= 0.6 is 0 Å². The minimum absolute atomic E-state index is 0.0339. The summed E-state index contributed by atoms with van der Waals surface area (Å²) in [7, 11) is 0. The van der Waals surface area contributed by atoms with Crippen LogP contribution in [0, 0.1) is 0 Å². The Bertz CT molecular complexity index is 415. The van der Waals surface area contributed by atoms with Crippen molar-refractivity contribution in [3.63, 3.8) is 0 Å². The van der Waals surface area contributed by atoms with E-state index in [1.165, 1.54) is 20.3 Å². The van der Waals surface area contributed by atoms with Crippen LogP contribution in [-0.4, -0.2) is 30.6 Å². The van der Waals surface area contributed by atoms with Gasteiger partial charge in [-0.15, -0.1) is 0 Å². The first kappa shape index (κ1) is 20.0. The highest BCUT2D eigenvalue weighted by atomic mass is 16.5. The van der Waals surface area contributed by atoms with Gasteiger partial charge in [0.1, 0.15) is 11.6 Å². The van der Waals surface area contributed by atoms with E-state index in [4.69, 9.17) is 0 Å². The van der Waals surface area contributed by atoms with E-state index in [0.29, 0.717) is 25.7 Å². The van der Waals surface area contributed by atoms with Crippen molar-refractivity contribution in [3.8, 4) is 0 Å². The summed E-state index contributed by atoms with van der Waals surface area (Å²) in [5.74, 6) is 0.0676. The average Bonchev–Trinajstić information content (AvgIpc) is 2.47. The van der Waals surface area contributed by atoms with Crippen molar-refractivity contribution >= 4 is 23.9 Å². The maximum absolute atomic E-state index is 11.3. The molecular formula is C16H25NO5. The number of Topliss-reactive ketones (excluding diaryl/α,β-unsaturated/α-hetero) is 2. The van der Waals surface area contributed by atoms with Crippen LogP contribution in [0.1, 0.15) is 58.8 Å². The van der Waals surface area contributed by atoms with Crippen LogP contribution in [0.2, 0.25) is 0 Å². The van der Waals surface area contributed by atoms with Gasteiger partial charge in [-0.3, -0.25) is 14.4 Å². The van der Waals surface area contributed by atoms with Crippen molar-refractivity contribution in [2.24, 2.45) is 0 Å². The van der Waals surface area contributed by atoms with E-state index in [1.54, 1.807) is 0 Å². The standard InChI is InChI=1S/C11H17NO2.C5H8O3/c1-9(13)7-8-11(14)12-10-5-3-2-4-6-10;1-5(7)2-3-8-4-6/h5H,2-4,6-8H2,1H3,(H,12,14);4H,2-3H2,1H3. The van der Waals surface area contributed by atoms with Gasteiger partial charge in [0, 0.05) is 25.0 Å². The van der Waals surface area contributed by atoms with E-state index in [2.05, 4.69) is 16.1 Å². The lowest BCUT2D eigenvalue weighted by atomic mass is 10.0. The van der Waals surface area contributed by atoms with E-state index in [1.807, 2.05) is 0 Å². The summed E-state index contributed by atoms with van der Waals surface area (Å²) in [4.78, 5) is 41.5. The zero-order valence-corrected chi connectivity index (χ0v) is 13.4. The first-order valence-electron chi connectivity index (χ1n) is 7.48. The maximum Gasteiger partial charge on any atom is 0.293 e. The molecule has 124 valence electrons. The number of amides is 1. The molecule has 0 saturated carbocycles. The Morgan fingerprint density at radius 2 is 1.82 bits per heavy atom. The lowest BCUT2D eigenvalue weighted by molar-refractivity contribution is -0.130. The van der Waals surface area contributed by atoms with Crippen LogP contribution in [0.15, 0.2) is 11.8 Å². The summed E-state index contributed by atoms with van der Waals surface area (Å²) in [5, 5.41) is 2.84. The minimum Gasteiger partial charge on any atom is -0.467 e. The van der Waals surface area contributed by atoms with Crippen molar-refractivity contribution < 1.29 is 23.9 Å². The van der Waals surface area contributed by atoms with Gasteiger partial charge in [0.05, 0.1) is 6.61 Å². The molecule has 1 amide bonds. The van der Waals surface area contributed by atoms with Gasteiger partial charge in [-0.05, 0) is 39.5 Å². The molecule has 6 nitrogen and oxygen atoms in total. The molecular weight excluding hydrogens is 286 g/mol. The van der Waals surface area contributed by atoms with E-state index in [9.17, 15) is 19.2 Å². The molecule has 22 heavy (non-hydrogen) atoms. The van der Waals surface area contributed by atoms with Crippen LogP contribution in [0.25, 0.3) is 0 Å². The van der Waals surface area contributed by atoms with Crippen LogP contribution in [0.5, 0.6) is 0 Å². The lowest BCUT2D eigenvalue weighted by Crippen LogP contribution is -2.23. The summed E-state index contributed by atoms with van der Waals surface area (Å²) in [5.41, 5.74) is 1.03. The number of rotatable bonds is 8. The van der Waals surface area contributed by atoms with Crippen molar-refractivity contribution in [1.29, 1.82) is 0 Å². The molecule has 0 aromatic heterocycles. The molecule has 1 rings (SSSR count). The number of hydrogen-bond donors (Lipinski definition) is 1. The molecule has 0 spiro atoms. The summed E-state index contributed by atoms with van der Waals surface area (Å²) >= 11 is 0. The van der Waals surface area contributed by atoms with Crippen LogP contribution in [0.4, 0.5) is 0 Å². The second-order valence-corrected chi connectivity index (χ2v) is 5.14. The number of allylic oxidation sites excluding steroid dienone is 2. The summed E-state index contributed by atoms with van der Waals surface area (Å²) < 4.78 is 4.24. The Hall–Kier alpha value is -1.98. The van der Waals surface area contributed by atoms with Crippen molar-refractivity contribution in [3.05, 3.63) is 11.8 Å². The Morgan fingerprint density at radius 3 is 2.32 bits per heavy atom. The summed E-state index contributed by atoms with van der Waals surface area (Å²) in [6, 6.07) is 0. The smallest absolute Gasteiger partial charge is 0.293 e. The number of ether oxygens (including phenoxy) is 1. The fourth-order valence-electron chi connectivity index (χ4n) is 1.73. The fourth-order valence-corrected chi connectivity index (χ4v) is 1.73. The van der Waals surface area contributed by atoms with Crippen LogP contribution < -0.4 is 5.32 Å². The molecule has 0 aliphatic heterocycles. The SMILES string of the molecule is CC(=O)CCC(=O)NC1=CCCCC1.CC(=O)CCOC=O. The largest absolute Gasteiger partial charge is 0.467 e. The maximum atomic E-state index is 11.3. The third-order valence-corrected chi connectivity index (χ3v) is 2.94. The van der Waals surface area contributed by atoms with Crippen LogP contribution in [0.3, 0.4) is 0 Å². The van der Waals surface area contributed by atoms with Crippen molar-refractivity contribution in [1.82, 2.24) is 5.32 Å². The first-order chi connectivity index (χ1) is 10.5. The molecule has 0 aromatic carbocycles. The molecule has 6 heteroatoms. The van der Waals surface area contributed by atoms with Gasteiger partial charge in [0.25, 0.3) is 6.47 Å². The number of nitrogens with one attached hydrogen (secondary N) is 1. The molecule has 0 saturated heterocycles. The third kappa shape index (κ3) is 13.0. The number of hydrogen-bond acceptors (Lipinski definition) is 5. The van der Waals surface area contributed by atoms with E-state index in [-0.39, 0.29) is 24.1 Å². The van der Waals surface area contributed by atoms with Crippen LogP contribution in [-0.2, 0) is 23.9 Å². The normalized spacial score (nSPS) is 13.1. The Kier molecular flexibility index (Phi) is 11.6. The van der Waals surface area contributed by atoms with Gasteiger partial charge in [-0.2, -0.15) is 0 Å². The zero-order chi connectivity index (χ0) is 16.8. The Labute approximate surface area is 131 Å². The van der Waals surface area contributed by atoms with Gasteiger partial charge in [0.2, 0.25) is 5.91 Å².